The molecule has 0 aromatic carbocycles. The molecule has 1 atom stereocenters. The molecule has 0 radical (unpaired) electrons. The normalized spacial score (nSPS) is 19.6. The van der Waals surface area contributed by atoms with E-state index < -0.39 is 0 Å². The molecule has 0 saturated carbocycles. The Kier molecular flexibility index (Phi) is 4.09. The largest absolute Gasteiger partial charge is 0.352 e. The molecule has 17 heavy (non-hydrogen) atoms. The molecule has 2 rings (SSSR count). The Balaban J connectivity index is 1.71. The molecule has 92 valence electrons. The highest BCUT2D eigenvalue weighted by molar-refractivity contribution is 5.78. The van der Waals surface area contributed by atoms with E-state index in [4.69, 9.17) is 0 Å². The number of nitrogens with one attached hydrogen (secondary N) is 1. The van der Waals surface area contributed by atoms with Gasteiger partial charge < -0.3 is 10.2 Å². The van der Waals surface area contributed by atoms with E-state index in [-0.39, 0.29) is 5.91 Å². The lowest BCUT2D eigenvalue weighted by atomic mass is 10.2. The summed E-state index contributed by atoms with van der Waals surface area (Å²) in [6.45, 7) is 1.95. The third-order valence-corrected chi connectivity index (χ3v) is 3.15. The SMILES string of the molecule is CN(CCc1ccncc1)C[C@H]1CCC(=O)N1. The van der Waals surface area contributed by atoms with Crippen molar-refractivity contribution in [3.05, 3.63) is 30.1 Å². The maximum atomic E-state index is 11.1. The molecule has 1 aromatic rings. The molecule has 4 heteroatoms. The monoisotopic (exact) mass is 233 g/mol. The quantitative estimate of drug-likeness (QED) is 0.819. The molecule has 1 fully saturated rings. The lowest BCUT2D eigenvalue weighted by Crippen LogP contribution is -2.37. The number of carbonyl (C=O) groups excluding carboxylic acids is 1. The summed E-state index contributed by atoms with van der Waals surface area (Å²) in [5, 5.41) is 2.99. The van der Waals surface area contributed by atoms with Crippen LogP contribution in [0.3, 0.4) is 0 Å². The van der Waals surface area contributed by atoms with Gasteiger partial charge in [0.15, 0.2) is 0 Å². The van der Waals surface area contributed by atoms with Crippen molar-refractivity contribution in [2.24, 2.45) is 0 Å². The van der Waals surface area contributed by atoms with E-state index in [2.05, 4.69) is 22.2 Å². The Bertz CT molecular complexity index is 366. The highest BCUT2D eigenvalue weighted by Gasteiger charge is 2.21. The van der Waals surface area contributed by atoms with Gasteiger partial charge in [-0.3, -0.25) is 9.78 Å². The van der Waals surface area contributed by atoms with E-state index in [0.717, 1.165) is 25.9 Å². The van der Waals surface area contributed by atoms with Gasteiger partial charge in [0.2, 0.25) is 5.91 Å². The van der Waals surface area contributed by atoms with Crippen LogP contribution in [-0.4, -0.2) is 42.0 Å². The van der Waals surface area contributed by atoms with Crippen molar-refractivity contribution < 1.29 is 4.79 Å². The van der Waals surface area contributed by atoms with Crippen LogP contribution in [0.15, 0.2) is 24.5 Å². The van der Waals surface area contributed by atoms with Crippen LogP contribution >= 0.6 is 0 Å². The highest BCUT2D eigenvalue weighted by Crippen LogP contribution is 2.08. The van der Waals surface area contributed by atoms with Crippen molar-refractivity contribution >= 4 is 5.91 Å². The summed E-state index contributed by atoms with van der Waals surface area (Å²) in [6.07, 6.45) is 6.33. The predicted molar refractivity (Wildman–Crippen MR) is 66.6 cm³/mol. The molecular formula is C13H19N3O. The zero-order valence-electron chi connectivity index (χ0n) is 10.2. The first-order valence-electron chi connectivity index (χ1n) is 6.11. The summed E-state index contributed by atoms with van der Waals surface area (Å²) in [5.41, 5.74) is 1.31. The zero-order valence-corrected chi connectivity index (χ0v) is 10.2. The number of nitrogens with zero attached hydrogens (tertiary/aromatic N) is 2. The van der Waals surface area contributed by atoms with Crippen molar-refractivity contribution in [2.75, 3.05) is 20.1 Å². The van der Waals surface area contributed by atoms with Gasteiger partial charge in [0.05, 0.1) is 0 Å². The minimum Gasteiger partial charge on any atom is -0.352 e. The first-order chi connectivity index (χ1) is 8.24. The van der Waals surface area contributed by atoms with E-state index >= 15 is 0 Å². The van der Waals surface area contributed by atoms with Crippen molar-refractivity contribution in [3.63, 3.8) is 0 Å². The van der Waals surface area contributed by atoms with Crippen LogP contribution in [0, 0.1) is 0 Å². The van der Waals surface area contributed by atoms with Crippen LogP contribution in [0.4, 0.5) is 0 Å². The molecule has 1 aliphatic rings. The number of likely N-dealkylation sites (N-methyl/N-ethyl adjacent to an activating group) is 1. The van der Waals surface area contributed by atoms with Gasteiger partial charge in [0, 0.05) is 37.9 Å². The zero-order chi connectivity index (χ0) is 12.1. The smallest absolute Gasteiger partial charge is 0.220 e. The van der Waals surface area contributed by atoms with Crippen LogP contribution in [0.25, 0.3) is 0 Å². The molecule has 1 saturated heterocycles. The molecule has 4 nitrogen and oxygen atoms in total. The Morgan fingerprint density at radius 2 is 2.24 bits per heavy atom. The maximum Gasteiger partial charge on any atom is 0.220 e. The third kappa shape index (κ3) is 3.82. The van der Waals surface area contributed by atoms with Crippen molar-refractivity contribution in [1.82, 2.24) is 15.2 Å². The second-order valence-electron chi connectivity index (χ2n) is 4.67. The Hall–Kier alpha value is -1.42. The lowest BCUT2D eigenvalue weighted by Gasteiger charge is -2.20. The van der Waals surface area contributed by atoms with E-state index in [1.807, 2.05) is 24.5 Å². The van der Waals surface area contributed by atoms with Crippen LogP contribution < -0.4 is 5.32 Å². The van der Waals surface area contributed by atoms with Crippen molar-refractivity contribution in [1.29, 1.82) is 0 Å². The number of amides is 1. The maximum absolute atomic E-state index is 11.1. The van der Waals surface area contributed by atoms with Crippen LogP contribution in [-0.2, 0) is 11.2 Å². The van der Waals surface area contributed by atoms with Crippen LogP contribution in [0.2, 0.25) is 0 Å². The minimum atomic E-state index is 0.192. The van der Waals surface area contributed by atoms with Gasteiger partial charge in [0.25, 0.3) is 0 Å². The second-order valence-corrected chi connectivity index (χ2v) is 4.67. The summed E-state index contributed by atoms with van der Waals surface area (Å²) in [4.78, 5) is 17.4. The molecular weight excluding hydrogens is 214 g/mol. The minimum absolute atomic E-state index is 0.192. The summed E-state index contributed by atoms with van der Waals surface area (Å²) in [6, 6.07) is 4.43. The van der Waals surface area contributed by atoms with Crippen LogP contribution in [0.1, 0.15) is 18.4 Å². The highest BCUT2D eigenvalue weighted by atomic mass is 16.1. The number of hydrogen-bond donors (Lipinski definition) is 1. The van der Waals surface area contributed by atoms with E-state index in [1.54, 1.807) is 0 Å². The van der Waals surface area contributed by atoms with Gasteiger partial charge >= 0.3 is 0 Å². The lowest BCUT2D eigenvalue weighted by molar-refractivity contribution is -0.119. The van der Waals surface area contributed by atoms with Gasteiger partial charge in [-0.2, -0.15) is 0 Å². The second kappa shape index (κ2) is 5.77. The van der Waals surface area contributed by atoms with Gasteiger partial charge in [-0.05, 0) is 37.6 Å². The van der Waals surface area contributed by atoms with E-state index in [0.29, 0.717) is 12.5 Å². The standard InChI is InChI=1S/C13H19N3O/c1-16(10-12-2-3-13(17)15-12)9-6-11-4-7-14-8-5-11/h4-5,7-8,12H,2-3,6,9-10H2,1H3,(H,15,17)/t12-/m1/s1. The third-order valence-electron chi connectivity index (χ3n) is 3.15. The van der Waals surface area contributed by atoms with Gasteiger partial charge in [0.1, 0.15) is 0 Å². The molecule has 1 aliphatic heterocycles. The van der Waals surface area contributed by atoms with E-state index in [9.17, 15) is 4.79 Å². The average Bonchev–Trinajstić information content (AvgIpc) is 2.73. The molecule has 0 bridgehead atoms. The van der Waals surface area contributed by atoms with Gasteiger partial charge in [-0.25, -0.2) is 0 Å². The van der Waals surface area contributed by atoms with Crippen molar-refractivity contribution in [3.8, 4) is 0 Å². The number of aromatic nitrogens is 1. The number of pyridine rings is 1. The summed E-state index contributed by atoms with van der Waals surface area (Å²) in [5.74, 6) is 0.192. The molecule has 1 N–H and O–H groups in total. The fourth-order valence-corrected chi connectivity index (χ4v) is 2.15. The number of rotatable bonds is 5. The van der Waals surface area contributed by atoms with Crippen molar-refractivity contribution in [2.45, 2.75) is 25.3 Å². The number of hydrogen-bond acceptors (Lipinski definition) is 3. The molecule has 1 aromatic heterocycles. The molecule has 1 amide bonds. The predicted octanol–water partition coefficient (Wildman–Crippen LogP) is 0.834. The molecule has 0 aliphatic carbocycles. The summed E-state index contributed by atoms with van der Waals surface area (Å²) in [7, 11) is 2.10. The van der Waals surface area contributed by atoms with Gasteiger partial charge in [-0.15, -0.1) is 0 Å². The Morgan fingerprint density at radius 1 is 1.47 bits per heavy atom. The van der Waals surface area contributed by atoms with Crippen LogP contribution in [0.5, 0.6) is 0 Å². The van der Waals surface area contributed by atoms with Gasteiger partial charge in [-0.1, -0.05) is 0 Å². The Morgan fingerprint density at radius 3 is 2.88 bits per heavy atom. The molecule has 2 heterocycles. The number of carbonyl (C=O) groups is 1. The topological polar surface area (TPSA) is 45.2 Å². The first-order valence-corrected chi connectivity index (χ1v) is 6.11. The summed E-state index contributed by atoms with van der Waals surface area (Å²) >= 11 is 0. The fraction of sp³-hybridized carbons (Fsp3) is 0.538. The first kappa shape index (κ1) is 12.0. The average molecular weight is 233 g/mol. The summed E-state index contributed by atoms with van der Waals surface area (Å²) < 4.78 is 0. The molecule has 0 unspecified atom stereocenters. The molecule has 0 spiro atoms. The fourth-order valence-electron chi connectivity index (χ4n) is 2.15. The Labute approximate surface area is 102 Å². The van der Waals surface area contributed by atoms with E-state index in [1.165, 1.54) is 5.56 Å².